The maximum absolute atomic E-state index is 12.2. The van der Waals surface area contributed by atoms with E-state index in [-0.39, 0.29) is 11.1 Å². The number of methoxy groups -OCH3 is 1. The molecule has 0 aliphatic carbocycles. The molecule has 1 unspecified atom stereocenters. The minimum atomic E-state index is -3.63. The van der Waals surface area contributed by atoms with Gasteiger partial charge in [-0.2, -0.15) is 0 Å². The number of aromatic nitrogens is 2. The number of sulfonamides is 1. The van der Waals surface area contributed by atoms with E-state index in [1.165, 1.54) is 12.5 Å². The van der Waals surface area contributed by atoms with Gasteiger partial charge in [-0.3, -0.25) is 0 Å². The van der Waals surface area contributed by atoms with Gasteiger partial charge in [0.1, 0.15) is 5.75 Å². The first-order valence-corrected chi connectivity index (χ1v) is 7.70. The minimum absolute atomic E-state index is 0.0471. The molecule has 7 heteroatoms. The molecule has 0 spiro atoms. The predicted molar refractivity (Wildman–Crippen MR) is 74.9 cm³/mol. The number of benzene rings is 1. The van der Waals surface area contributed by atoms with Crippen LogP contribution in [0.3, 0.4) is 0 Å². The molecule has 108 valence electrons. The van der Waals surface area contributed by atoms with Crippen molar-refractivity contribution in [3.63, 3.8) is 0 Å². The van der Waals surface area contributed by atoms with Gasteiger partial charge in [-0.1, -0.05) is 25.1 Å². The van der Waals surface area contributed by atoms with Gasteiger partial charge in [0.25, 0.3) is 10.0 Å². The summed E-state index contributed by atoms with van der Waals surface area (Å²) >= 11 is 0. The van der Waals surface area contributed by atoms with Crippen LogP contribution < -0.4 is 9.46 Å². The smallest absolute Gasteiger partial charge is 0.258 e. The molecule has 2 aromatic rings. The van der Waals surface area contributed by atoms with Crippen LogP contribution in [0.4, 0.5) is 0 Å². The summed E-state index contributed by atoms with van der Waals surface area (Å²) in [5.74, 6) is 0.659. The van der Waals surface area contributed by atoms with Crippen LogP contribution in [-0.4, -0.2) is 25.5 Å². The zero-order valence-electron chi connectivity index (χ0n) is 11.3. The van der Waals surface area contributed by atoms with Crippen LogP contribution in [0.5, 0.6) is 5.75 Å². The SMILES string of the molecule is CCC(NS(=O)(=O)c1cnc[nH]1)c1ccccc1OC. The van der Waals surface area contributed by atoms with Crippen molar-refractivity contribution >= 4 is 10.0 Å². The second-order valence-electron chi connectivity index (χ2n) is 4.24. The lowest BCUT2D eigenvalue weighted by Gasteiger charge is -2.19. The summed E-state index contributed by atoms with van der Waals surface area (Å²) < 4.78 is 32.4. The van der Waals surface area contributed by atoms with Crippen LogP contribution in [0.1, 0.15) is 24.9 Å². The predicted octanol–water partition coefficient (Wildman–Crippen LogP) is 1.85. The lowest BCUT2D eigenvalue weighted by Crippen LogP contribution is -2.28. The van der Waals surface area contributed by atoms with E-state index in [4.69, 9.17) is 4.74 Å². The molecular formula is C13H17N3O3S. The minimum Gasteiger partial charge on any atom is -0.496 e. The Kier molecular flexibility index (Phi) is 4.41. The Morgan fingerprint density at radius 1 is 1.40 bits per heavy atom. The Morgan fingerprint density at radius 2 is 2.15 bits per heavy atom. The first-order valence-electron chi connectivity index (χ1n) is 6.22. The molecule has 20 heavy (non-hydrogen) atoms. The van der Waals surface area contributed by atoms with E-state index in [0.717, 1.165) is 5.56 Å². The molecule has 1 heterocycles. The van der Waals surface area contributed by atoms with Crippen LogP contribution in [0, 0.1) is 0 Å². The summed E-state index contributed by atoms with van der Waals surface area (Å²) in [6, 6.07) is 6.99. The van der Waals surface area contributed by atoms with E-state index in [0.29, 0.717) is 12.2 Å². The molecular weight excluding hydrogens is 278 g/mol. The highest BCUT2D eigenvalue weighted by molar-refractivity contribution is 7.89. The first kappa shape index (κ1) is 14.5. The zero-order chi connectivity index (χ0) is 14.6. The average Bonchev–Trinajstić information content (AvgIpc) is 3.00. The fourth-order valence-electron chi connectivity index (χ4n) is 1.96. The third-order valence-corrected chi connectivity index (χ3v) is 4.38. The van der Waals surface area contributed by atoms with Crippen molar-refractivity contribution in [2.45, 2.75) is 24.4 Å². The molecule has 1 atom stereocenters. The number of hydrogen-bond donors (Lipinski definition) is 2. The molecule has 6 nitrogen and oxygen atoms in total. The number of hydrogen-bond acceptors (Lipinski definition) is 4. The Morgan fingerprint density at radius 3 is 2.75 bits per heavy atom. The van der Waals surface area contributed by atoms with Gasteiger partial charge in [0.15, 0.2) is 5.03 Å². The van der Waals surface area contributed by atoms with Crippen molar-refractivity contribution in [2.75, 3.05) is 7.11 Å². The lowest BCUT2D eigenvalue weighted by molar-refractivity contribution is 0.402. The third kappa shape index (κ3) is 3.00. The van der Waals surface area contributed by atoms with Crippen molar-refractivity contribution in [1.82, 2.24) is 14.7 Å². The quantitative estimate of drug-likeness (QED) is 0.851. The number of nitrogens with one attached hydrogen (secondary N) is 2. The fourth-order valence-corrected chi connectivity index (χ4v) is 3.16. The van der Waals surface area contributed by atoms with E-state index in [9.17, 15) is 8.42 Å². The summed E-state index contributed by atoms with van der Waals surface area (Å²) in [7, 11) is -2.06. The second-order valence-corrected chi connectivity index (χ2v) is 5.92. The van der Waals surface area contributed by atoms with Crippen LogP contribution in [0.15, 0.2) is 41.8 Å². The Balaban J connectivity index is 2.30. The van der Waals surface area contributed by atoms with Gasteiger partial charge in [0, 0.05) is 5.56 Å². The highest BCUT2D eigenvalue weighted by Crippen LogP contribution is 2.27. The van der Waals surface area contributed by atoms with Crippen LogP contribution in [0.25, 0.3) is 0 Å². The van der Waals surface area contributed by atoms with Crippen LogP contribution in [-0.2, 0) is 10.0 Å². The molecule has 1 aromatic carbocycles. The maximum Gasteiger partial charge on any atom is 0.258 e. The van der Waals surface area contributed by atoms with Crippen LogP contribution in [0.2, 0.25) is 0 Å². The number of rotatable bonds is 6. The summed E-state index contributed by atoms with van der Waals surface area (Å²) in [6.45, 7) is 1.91. The van der Waals surface area contributed by atoms with E-state index in [2.05, 4.69) is 14.7 Å². The average molecular weight is 295 g/mol. The maximum atomic E-state index is 12.2. The molecule has 0 bridgehead atoms. The molecule has 0 amide bonds. The molecule has 0 fully saturated rings. The number of ether oxygens (including phenoxy) is 1. The zero-order valence-corrected chi connectivity index (χ0v) is 12.1. The number of nitrogens with zero attached hydrogens (tertiary/aromatic N) is 1. The van der Waals surface area contributed by atoms with Crippen molar-refractivity contribution in [3.8, 4) is 5.75 Å². The largest absolute Gasteiger partial charge is 0.496 e. The monoisotopic (exact) mass is 295 g/mol. The molecule has 2 N–H and O–H groups in total. The van der Waals surface area contributed by atoms with Crippen LogP contribution >= 0.6 is 0 Å². The Hall–Kier alpha value is -1.86. The highest BCUT2D eigenvalue weighted by Gasteiger charge is 2.23. The molecule has 0 aliphatic rings. The topological polar surface area (TPSA) is 84.1 Å². The Labute approximate surface area is 118 Å². The van der Waals surface area contributed by atoms with Crippen molar-refractivity contribution in [2.24, 2.45) is 0 Å². The summed E-state index contributed by atoms with van der Waals surface area (Å²) in [5, 5.41) is 0.0471. The van der Waals surface area contributed by atoms with Gasteiger partial charge in [-0.05, 0) is 12.5 Å². The van der Waals surface area contributed by atoms with Crippen molar-refractivity contribution in [3.05, 3.63) is 42.4 Å². The second kappa shape index (κ2) is 6.06. The van der Waals surface area contributed by atoms with Gasteiger partial charge in [-0.15, -0.1) is 0 Å². The molecule has 0 saturated carbocycles. The fraction of sp³-hybridized carbons (Fsp3) is 0.308. The normalized spacial score (nSPS) is 13.1. The van der Waals surface area contributed by atoms with Gasteiger partial charge < -0.3 is 9.72 Å². The van der Waals surface area contributed by atoms with Gasteiger partial charge in [0.05, 0.1) is 25.7 Å². The number of H-pyrrole nitrogens is 1. The summed E-state index contributed by atoms with van der Waals surface area (Å²) in [4.78, 5) is 6.32. The standard InChI is InChI=1S/C13H17N3O3S/c1-3-11(10-6-4-5-7-12(10)19-2)16-20(17,18)13-8-14-9-15-13/h4-9,11,16H,3H2,1-2H3,(H,14,15). The van der Waals surface area contributed by atoms with Gasteiger partial charge in [-0.25, -0.2) is 18.1 Å². The molecule has 0 saturated heterocycles. The number of imidazole rings is 1. The first-order chi connectivity index (χ1) is 9.58. The molecule has 0 aliphatic heterocycles. The lowest BCUT2D eigenvalue weighted by atomic mass is 10.0. The van der Waals surface area contributed by atoms with Crippen molar-refractivity contribution < 1.29 is 13.2 Å². The van der Waals surface area contributed by atoms with E-state index in [1.807, 2.05) is 31.2 Å². The van der Waals surface area contributed by atoms with E-state index < -0.39 is 10.0 Å². The number of para-hydroxylation sites is 1. The summed E-state index contributed by atoms with van der Waals surface area (Å²) in [5.41, 5.74) is 0.806. The summed E-state index contributed by atoms with van der Waals surface area (Å²) in [6.07, 6.45) is 3.21. The molecule has 0 radical (unpaired) electrons. The van der Waals surface area contributed by atoms with Crippen molar-refractivity contribution in [1.29, 1.82) is 0 Å². The highest BCUT2D eigenvalue weighted by atomic mass is 32.2. The number of aromatic amines is 1. The van der Waals surface area contributed by atoms with E-state index >= 15 is 0 Å². The van der Waals surface area contributed by atoms with Gasteiger partial charge in [0.2, 0.25) is 0 Å². The van der Waals surface area contributed by atoms with Gasteiger partial charge >= 0.3 is 0 Å². The molecule has 1 aromatic heterocycles. The third-order valence-electron chi connectivity index (χ3n) is 2.98. The Bertz CT molecular complexity index is 653. The van der Waals surface area contributed by atoms with E-state index in [1.54, 1.807) is 7.11 Å². The molecule has 2 rings (SSSR count).